The van der Waals surface area contributed by atoms with Gasteiger partial charge < -0.3 is 5.32 Å². The zero-order valence-corrected chi connectivity index (χ0v) is 17.0. The van der Waals surface area contributed by atoms with Gasteiger partial charge in [0.1, 0.15) is 6.04 Å². The summed E-state index contributed by atoms with van der Waals surface area (Å²) in [5, 5.41) is 2.86. The number of hydrogen-bond donors (Lipinski definition) is 1. The quantitative estimate of drug-likeness (QED) is 0.637. The van der Waals surface area contributed by atoms with Crippen LogP contribution >= 0.6 is 11.3 Å². The van der Waals surface area contributed by atoms with Crippen molar-refractivity contribution in [1.29, 1.82) is 0 Å². The maximum Gasteiger partial charge on any atom is 0.262 e. The Morgan fingerprint density at radius 1 is 1.10 bits per heavy atom. The first-order valence-electron chi connectivity index (χ1n) is 8.55. The highest BCUT2D eigenvalue weighted by molar-refractivity contribution is 7.90. The third kappa shape index (κ3) is 3.30. The van der Waals surface area contributed by atoms with Crippen molar-refractivity contribution in [1.82, 2.24) is 9.88 Å². The molecule has 0 saturated heterocycles. The zero-order chi connectivity index (χ0) is 20.9. The van der Waals surface area contributed by atoms with Gasteiger partial charge in [-0.15, -0.1) is 0 Å². The molecule has 0 spiro atoms. The number of aromatic nitrogens is 1. The molecule has 3 aromatic rings. The fourth-order valence-electron chi connectivity index (χ4n) is 3.08. The molecule has 2 aromatic carbocycles. The Kier molecular flexibility index (Phi) is 4.47. The molecule has 2 heterocycles. The van der Waals surface area contributed by atoms with E-state index in [9.17, 15) is 22.8 Å². The number of hydrogen-bond acceptors (Lipinski definition) is 7. The number of rotatable bonds is 4. The van der Waals surface area contributed by atoms with Crippen LogP contribution in [0, 0.1) is 0 Å². The van der Waals surface area contributed by atoms with Gasteiger partial charge in [-0.2, -0.15) is 0 Å². The minimum Gasteiger partial charge on any atom is -0.300 e. The van der Waals surface area contributed by atoms with Crippen molar-refractivity contribution < 1.29 is 22.8 Å². The summed E-state index contributed by atoms with van der Waals surface area (Å²) in [7, 11) is -3.36. The molecular formula is C19H15N3O5S2. The minimum absolute atomic E-state index is 0.158. The lowest BCUT2D eigenvalue weighted by Crippen LogP contribution is -2.45. The van der Waals surface area contributed by atoms with E-state index in [2.05, 4.69) is 10.3 Å². The molecule has 1 aliphatic rings. The van der Waals surface area contributed by atoms with Gasteiger partial charge in [-0.05, 0) is 37.3 Å². The van der Waals surface area contributed by atoms with Gasteiger partial charge in [0.05, 0.1) is 26.2 Å². The molecule has 1 aromatic heterocycles. The average molecular weight is 429 g/mol. The summed E-state index contributed by atoms with van der Waals surface area (Å²) < 4.78 is 24.0. The number of fused-ring (bicyclic) bond motifs is 2. The highest BCUT2D eigenvalue weighted by atomic mass is 32.2. The molecule has 0 aliphatic carbocycles. The van der Waals surface area contributed by atoms with Crippen molar-refractivity contribution in [3.63, 3.8) is 0 Å². The first-order chi connectivity index (χ1) is 13.7. The second-order valence-corrected chi connectivity index (χ2v) is 9.66. The van der Waals surface area contributed by atoms with Crippen molar-refractivity contribution in [3.8, 4) is 0 Å². The molecule has 1 N–H and O–H groups in total. The number of sulfone groups is 1. The number of carbonyl (C=O) groups excluding carboxylic acids is 3. The summed E-state index contributed by atoms with van der Waals surface area (Å²) in [4.78, 5) is 43.1. The van der Waals surface area contributed by atoms with E-state index in [-0.39, 0.29) is 21.2 Å². The number of benzene rings is 2. The molecule has 29 heavy (non-hydrogen) atoms. The molecule has 0 fully saturated rings. The van der Waals surface area contributed by atoms with Crippen LogP contribution in [0.1, 0.15) is 27.6 Å². The van der Waals surface area contributed by atoms with E-state index < -0.39 is 33.6 Å². The van der Waals surface area contributed by atoms with Crippen LogP contribution in [0.4, 0.5) is 5.13 Å². The molecule has 1 atom stereocenters. The second-order valence-electron chi connectivity index (χ2n) is 6.61. The average Bonchev–Trinajstić information content (AvgIpc) is 3.18. The van der Waals surface area contributed by atoms with Crippen LogP contribution in [0.3, 0.4) is 0 Å². The summed E-state index contributed by atoms with van der Waals surface area (Å²) in [5.41, 5.74) is 1.07. The molecule has 4 rings (SSSR count). The normalized spacial score (nSPS) is 14.9. The Labute approximate surface area is 170 Å². The van der Waals surface area contributed by atoms with Crippen LogP contribution in [0.15, 0.2) is 47.4 Å². The van der Waals surface area contributed by atoms with Crippen molar-refractivity contribution >= 4 is 54.2 Å². The van der Waals surface area contributed by atoms with Crippen molar-refractivity contribution in [2.24, 2.45) is 0 Å². The Morgan fingerprint density at radius 3 is 2.31 bits per heavy atom. The molecule has 0 bridgehead atoms. The highest BCUT2D eigenvalue weighted by Crippen LogP contribution is 2.29. The number of imide groups is 1. The lowest BCUT2D eigenvalue weighted by molar-refractivity contribution is -0.119. The number of carbonyl (C=O) groups is 3. The first-order valence-corrected chi connectivity index (χ1v) is 11.3. The molecular weight excluding hydrogens is 414 g/mol. The number of amides is 3. The summed E-state index contributed by atoms with van der Waals surface area (Å²) in [5.74, 6) is -1.60. The summed E-state index contributed by atoms with van der Waals surface area (Å²) in [6.07, 6.45) is 1.11. The molecule has 0 radical (unpaired) electrons. The van der Waals surface area contributed by atoms with E-state index in [1.54, 1.807) is 30.3 Å². The third-order valence-electron chi connectivity index (χ3n) is 4.61. The number of thiazole rings is 1. The van der Waals surface area contributed by atoms with Crippen LogP contribution in [0.25, 0.3) is 10.2 Å². The first kappa shape index (κ1) is 19.2. The Bertz CT molecular complexity index is 1260. The predicted octanol–water partition coefficient (Wildman–Crippen LogP) is 2.32. The van der Waals surface area contributed by atoms with Gasteiger partial charge in [0.2, 0.25) is 5.91 Å². The van der Waals surface area contributed by atoms with Gasteiger partial charge in [-0.3, -0.25) is 19.3 Å². The molecule has 3 amide bonds. The van der Waals surface area contributed by atoms with E-state index in [4.69, 9.17) is 0 Å². The Morgan fingerprint density at radius 2 is 1.72 bits per heavy atom. The standard InChI is InChI=1S/C19H15N3O5S2/c1-10(22-17(24)12-5-3-4-6-13(12)18(22)25)16(23)21-19-20-14-8-7-11(29(2,26)27)9-15(14)28-19/h3-10H,1-2H3,(H,20,21,23). The number of nitrogens with zero attached hydrogens (tertiary/aromatic N) is 2. The lowest BCUT2D eigenvalue weighted by Gasteiger charge is -2.21. The van der Waals surface area contributed by atoms with Crippen LogP contribution in [0.2, 0.25) is 0 Å². The van der Waals surface area contributed by atoms with E-state index in [1.165, 1.54) is 19.1 Å². The molecule has 10 heteroatoms. The van der Waals surface area contributed by atoms with Gasteiger partial charge in [-0.25, -0.2) is 13.4 Å². The largest absolute Gasteiger partial charge is 0.300 e. The van der Waals surface area contributed by atoms with Crippen LogP contribution in [-0.2, 0) is 14.6 Å². The highest BCUT2D eigenvalue weighted by Gasteiger charge is 2.40. The third-order valence-corrected chi connectivity index (χ3v) is 6.65. The zero-order valence-electron chi connectivity index (χ0n) is 15.4. The number of anilines is 1. The molecule has 1 unspecified atom stereocenters. The predicted molar refractivity (Wildman–Crippen MR) is 108 cm³/mol. The van der Waals surface area contributed by atoms with Crippen molar-refractivity contribution in [2.75, 3.05) is 11.6 Å². The van der Waals surface area contributed by atoms with Crippen LogP contribution < -0.4 is 5.32 Å². The smallest absolute Gasteiger partial charge is 0.262 e. The molecule has 0 saturated carbocycles. The Balaban J connectivity index is 1.57. The van der Waals surface area contributed by atoms with Crippen LogP contribution in [-0.4, -0.2) is 48.3 Å². The Hall–Kier alpha value is -3.11. The second kappa shape index (κ2) is 6.75. The van der Waals surface area contributed by atoms with E-state index in [0.29, 0.717) is 10.2 Å². The molecule has 1 aliphatic heterocycles. The molecule has 148 valence electrons. The summed E-state index contributed by atoms with van der Waals surface area (Å²) in [6, 6.07) is 9.87. The maximum atomic E-state index is 12.7. The van der Waals surface area contributed by atoms with Crippen molar-refractivity contribution in [3.05, 3.63) is 53.6 Å². The topological polar surface area (TPSA) is 114 Å². The van der Waals surface area contributed by atoms with Gasteiger partial charge in [0.15, 0.2) is 15.0 Å². The van der Waals surface area contributed by atoms with Gasteiger partial charge in [0.25, 0.3) is 11.8 Å². The number of nitrogens with one attached hydrogen (secondary N) is 1. The van der Waals surface area contributed by atoms with Crippen LogP contribution in [0.5, 0.6) is 0 Å². The monoisotopic (exact) mass is 429 g/mol. The summed E-state index contributed by atoms with van der Waals surface area (Å²) >= 11 is 1.11. The lowest BCUT2D eigenvalue weighted by atomic mass is 10.1. The minimum atomic E-state index is -3.36. The molecule has 8 nitrogen and oxygen atoms in total. The van der Waals surface area contributed by atoms with E-state index in [1.807, 2.05) is 0 Å². The van der Waals surface area contributed by atoms with Gasteiger partial charge in [0, 0.05) is 6.26 Å². The van der Waals surface area contributed by atoms with Gasteiger partial charge in [-0.1, -0.05) is 23.5 Å². The summed E-state index contributed by atoms with van der Waals surface area (Å²) in [6.45, 7) is 1.46. The van der Waals surface area contributed by atoms with E-state index >= 15 is 0 Å². The van der Waals surface area contributed by atoms with Crippen molar-refractivity contribution in [2.45, 2.75) is 17.9 Å². The maximum absolute atomic E-state index is 12.7. The van der Waals surface area contributed by atoms with E-state index in [0.717, 1.165) is 22.5 Å². The SMILES string of the molecule is CC(C(=O)Nc1nc2ccc(S(C)(=O)=O)cc2s1)N1C(=O)c2ccccc2C1=O. The fourth-order valence-corrected chi connectivity index (χ4v) is 4.71. The fraction of sp³-hybridized carbons (Fsp3) is 0.158. The van der Waals surface area contributed by atoms with Gasteiger partial charge >= 0.3 is 0 Å².